The van der Waals surface area contributed by atoms with Crippen LogP contribution >= 0.6 is 0 Å². The summed E-state index contributed by atoms with van der Waals surface area (Å²) >= 11 is 0. The number of hydrogen-bond donors (Lipinski definition) is 0. The highest BCUT2D eigenvalue weighted by atomic mass is 19.4. The number of fused-ring (bicyclic) bond motifs is 1. The molecule has 0 bridgehead atoms. The molecule has 1 amide bonds. The van der Waals surface area contributed by atoms with E-state index in [1.54, 1.807) is 7.05 Å². The zero-order valence-corrected chi connectivity index (χ0v) is 12.9. The Balaban J connectivity index is 1.92. The Bertz CT molecular complexity index is 896. The maximum absolute atomic E-state index is 13.0. The molecule has 0 fully saturated rings. The average Bonchev–Trinajstić information content (AvgIpc) is 3.11. The van der Waals surface area contributed by atoms with Gasteiger partial charge < -0.3 is 9.47 Å². The Morgan fingerprint density at radius 1 is 1.33 bits per heavy atom. The molecule has 0 aliphatic heterocycles. The van der Waals surface area contributed by atoms with Gasteiger partial charge in [-0.1, -0.05) is 0 Å². The molecule has 3 rings (SSSR count). The van der Waals surface area contributed by atoms with Gasteiger partial charge in [-0.2, -0.15) is 18.3 Å². The van der Waals surface area contributed by atoms with Crippen molar-refractivity contribution < 1.29 is 18.0 Å². The minimum absolute atomic E-state index is 0.0274. The quantitative estimate of drug-likeness (QED) is 0.737. The van der Waals surface area contributed by atoms with Gasteiger partial charge in [0.1, 0.15) is 5.69 Å². The van der Waals surface area contributed by atoms with Gasteiger partial charge >= 0.3 is 6.18 Å². The van der Waals surface area contributed by atoms with Crippen molar-refractivity contribution in [3.05, 3.63) is 53.7 Å². The minimum Gasteiger partial charge on any atom is -0.353 e. The molecule has 0 aliphatic rings. The first-order chi connectivity index (χ1) is 11.3. The zero-order chi connectivity index (χ0) is 17.5. The van der Waals surface area contributed by atoms with Crippen molar-refractivity contribution in [2.75, 3.05) is 7.05 Å². The normalized spacial score (nSPS) is 11.9. The van der Waals surface area contributed by atoms with Crippen LogP contribution in [0.25, 0.3) is 5.65 Å². The first-order valence-corrected chi connectivity index (χ1v) is 7.05. The summed E-state index contributed by atoms with van der Waals surface area (Å²) in [7, 11) is 3.41. The third-order valence-electron chi connectivity index (χ3n) is 3.66. The second-order valence-electron chi connectivity index (χ2n) is 5.40. The highest BCUT2D eigenvalue weighted by Gasteiger charge is 2.34. The summed E-state index contributed by atoms with van der Waals surface area (Å²) in [6.45, 7) is 0.315. The third-order valence-corrected chi connectivity index (χ3v) is 3.66. The number of alkyl halides is 3. The lowest BCUT2D eigenvalue weighted by Gasteiger charge is -2.16. The van der Waals surface area contributed by atoms with E-state index in [0.717, 1.165) is 18.0 Å². The van der Waals surface area contributed by atoms with Gasteiger partial charge in [-0.15, -0.1) is 0 Å². The molecule has 24 heavy (non-hydrogen) atoms. The van der Waals surface area contributed by atoms with Gasteiger partial charge in [0, 0.05) is 38.2 Å². The Kier molecular flexibility index (Phi) is 3.78. The van der Waals surface area contributed by atoms with Gasteiger partial charge in [-0.25, -0.2) is 9.50 Å². The van der Waals surface area contributed by atoms with Crippen LogP contribution in [0.1, 0.15) is 21.9 Å². The molecule has 0 unspecified atom stereocenters. The van der Waals surface area contributed by atoms with E-state index in [9.17, 15) is 18.0 Å². The lowest BCUT2D eigenvalue weighted by molar-refractivity contribution is -0.142. The van der Waals surface area contributed by atoms with Crippen LogP contribution < -0.4 is 0 Å². The van der Waals surface area contributed by atoms with Crippen molar-refractivity contribution in [3.63, 3.8) is 0 Å². The van der Waals surface area contributed by atoms with Crippen LogP contribution in [0.15, 0.2) is 36.7 Å². The second-order valence-corrected chi connectivity index (χ2v) is 5.40. The van der Waals surface area contributed by atoms with Crippen molar-refractivity contribution >= 4 is 11.6 Å². The first-order valence-electron chi connectivity index (χ1n) is 7.05. The molecule has 0 saturated carbocycles. The summed E-state index contributed by atoms with van der Waals surface area (Å²) < 4.78 is 41.5. The van der Waals surface area contributed by atoms with Gasteiger partial charge in [0.15, 0.2) is 11.3 Å². The number of hydrogen-bond acceptors (Lipinski definition) is 3. The first kappa shape index (κ1) is 16.0. The second kappa shape index (κ2) is 5.66. The van der Waals surface area contributed by atoms with E-state index in [-0.39, 0.29) is 11.3 Å². The van der Waals surface area contributed by atoms with Crippen LogP contribution in [0.3, 0.4) is 0 Å². The van der Waals surface area contributed by atoms with Gasteiger partial charge in [0.05, 0.1) is 6.54 Å². The van der Waals surface area contributed by atoms with Crippen LogP contribution in [0, 0.1) is 0 Å². The number of nitrogens with zero attached hydrogens (tertiary/aromatic N) is 5. The van der Waals surface area contributed by atoms with Crippen molar-refractivity contribution in [2.24, 2.45) is 7.05 Å². The fourth-order valence-electron chi connectivity index (χ4n) is 2.39. The van der Waals surface area contributed by atoms with Crippen LogP contribution in [0.5, 0.6) is 0 Å². The number of aromatic nitrogens is 4. The lowest BCUT2D eigenvalue weighted by atomic mass is 10.3. The topological polar surface area (TPSA) is 55.4 Å². The summed E-state index contributed by atoms with van der Waals surface area (Å²) in [6, 6.07) is 5.77. The van der Waals surface area contributed by atoms with Crippen molar-refractivity contribution in [3.8, 4) is 0 Å². The molecule has 3 aromatic heterocycles. The van der Waals surface area contributed by atoms with Crippen molar-refractivity contribution in [2.45, 2.75) is 12.7 Å². The molecule has 6 nitrogen and oxygen atoms in total. The summed E-state index contributed by atoms with van der Waals surface area (Å²) in [4.78, 5) is 17.7. The summed E-state index contributed by atoms with van der Waals surface area (Å²) in [6.07, 6.45) is -1.69. The standard InChI is InChI=1S/C15H14F3N5O/c1-21-7-3-4-10(21)9-22(2)14(24)11-8-13-19-6-5-12(15(16,17)18)23(13)20-11/h3-8H,9H2,1-2H3. The van der Waals surface area contributed by atoms with Crippen LogP contribution in [-0.2, 0) is 19.8 Å². The van der Waals surface area contributed by atoms with E-state index < -0.39 is 17.8 Å². The number of carbonyl (C=O) groups excluding carboxylic acids is 1. The SMILES string of the molecule is CN(Cc1cccn1C)C(=O)c1cc2nccc(C(F)(F)F)n2n1. The molecule has 9 heteroatoms. The summed E-state index contributed by atoms with van der Waals surface area (Å²) in [5.74, 6) is -0.477. The number of aryl methyl sites for hydroxylation is 1. The van der Waals surface area contributed by atoms with E-state index >= 15 is 0 Å². The largest absolute Gasteiger partial charge is 0.433 e. The summed E-state index contributed by atoms with van der Waals surface area (Å²) in [5, 5.41) is 3.79. The van der Waals surface area contributed by atoms with E-state index in [1.807, 2.05) is 29.9 Å². The number of halogens is 3. The van der Waals surface area contributed by atoms with Crippen LogP contribution in [0.2, 0.25) is 0 Å². The van der Waals surface area contributed by atoms with Gasteiger partial charge in [0.25, 0.3) is 5.91 Å². The Morgan fingerprint density at radius 2 is 2.08 bits per heavy atom. The molecular formula is C15H14F3N5O. The fraction of sp³-hybridized carbons (Fsp3) is 0.267. The maximum atomic E-state index is 13.0. The Hall–Kier alpha value is -2.84. The smallest absolute Gasteiger partial charge is 0.353 e. The highest BCUT2D eigenvalue weighted by molar-refractivity contribution is 5.93. The van der Waals surface area contributed by atoms with Crippen LogP contribution in [0.4, 0.5) is 13.2 Å². The van der Waals surface area contributed by atoms with E-state index in [2.05, 4.69) is 10.1 Å². The lowest BCUT2D eigenvalue weighted by Crippen LogP contribution is -2.27. The average molecular weight is 337 g/mol. The molecule has 0 spiro atoms. The molecule has 0 radical (unpaired) electrons. The molecule has 3 heterocycles. The zero-order valence-electron chi connectivity index (χ0n) is 12.9. The molecule has 0 saturated heterocycles. The van der Waals surface area contributed by atoms with Gasteiger partial charge in [-0.3, -0.25) is 4.79 Å². The predicted molar refractivity (Wildman–Crippen MR) is 79.2 cm³/mol. The monoisotopic (exact) mass is 337 g/mol. The predicted octanol–water partition coefficient (Wildman–Crippen LogP) is 2.36. The number of rotatable bonds is 3. The molecular weight excluding hydrogens is 323 g/mol. The van der Waals surface area contributed by atoms with Crippen LogP contribution in [-0.4, -0.2) is 37.0 Å². The van der Waals surface area contributed by atoms with E-state index in [0.29, 0.717) is 11.1 Å². The minimum atomic E-state index is -4.58. The van der Waals surface area contributed by atoms with Crippen molar-refractivity contribution in [1.29, 1.82) is 0 Å². The Labute approximate surface area is 135 Å². The third kappa shape index (κ3) is 2.84. The number of carbonyl (C=O) groups is 1. The molecule has 3 aromatic rings. The molecule has 0 aliphatic carbocycles. The number of amides is 1. The summed E-state index contributed by atoms with van der Waals surface area (Å²) in [5.41, 5.74) is -0.197. The molecule has 0 aromatic carbocycles. The molecule has 0 N–H and O–H groups in total. The van der Waals surface area contributed by atoms with E-state index in [1.165, 1.54) is 11.0 Å². The van der Waals surface area contributed by atoms with Crippen molar-refractivity contribution in [1.82, 2.24) is 24.1 Å². The van der Waals surface area contributed by atoms with E-state index in [4.69, 9.17) is 0 Å². The van der Waals surface area contributed by atoms with Gasteiger partial charge in [0.2, 0.25) is 0 Å². The Morgan fingerprint density at radius 3 is 2.71 bits per heavy atom. The molecule has 0 atom stereocenters. The van der Waals surface area contributed by atoms with Gasteiger partial charge in [-0.05, 0) is 18.2 Å². The highest BCUT2D eigenvalue weighted by Crippen LogP contribution is 2.29. The maximum Gasteiger partial charge on any atom is 0.433 e. The molecule has 126 valence electrons. The fourth-order valence-corrected chi connectivity index (χ4v) is 2.39.